The fourth-order valence-corrected chi connectivity index (χ4v) is 1.79. The summed E-state index contributed by atoms with van der Waals surface area (Å²) in [6.45, 7) is 6.32. The van der Waals surface area contributed by atoms with Crippen LogP contribution in [0.1, 0.15) is 18.9 Å². The van der Waals surface area contributed by atoms with Crippen molar-refractivity contribution in [2.45, 2.75) is 19.9 Å². The number of rotatable bonds is 11. The molecule has 0 aliphatic rings. The van der Waals surface area contributed by atoms with Gasteiger partial charge in [0.15, 0.2) is 5.96 Å². The van der Waals surface area contributed by atoms with Gasteiger partial charge in [-0.1, -0.05) is 12.1 Å². The monoisotopic (exact) mass is 436 g/mol. The van der Waals surface area contributed by atoms with E-state index in [0.717, 1.165) is 44.0 Å². The highest BCUT2D eigenvalue weighted by atomic mass is 127. The topological polar surface area (TPSA) is 80.9 Å². The van der Waals surface area contributed by atoms with Crippen LogP contribution < -0.4 is 16.4 Å². The summed E-state index contributed by atoms with van der Waals surface area (Å²) in [5.41, 5.74) is 8.02. The number of anilines is 1. The van der Waals surface area contributed by atoms with Crippen molar-refractivity contribution < 1.29 is 9.47 Å². The third-order valence-electron chi connectivity index (χ3n) is 3.00. The lowest BCUT2D eigenvalue weighted by molar-refractivity contribution is 0.145. The van der Waals surface area contributed by atoms with Crippen LogP contribution >= 0.6 is 24.0 Å². The number of hydrogen-bond acceptors (Lipinski definition) is 4. The van der Waals surface area contributed by atoms with E-state index in [-0.39, 0.29) is 24.0 Å². The molecular weight excluding hydrogens is 407 g/mol. The Morgan fingerprint density at radius 1 is 1.17 bits per heavy atom. The molecule has 0 aliphatic carbocycles. The second-order valence-corrected chi connectivity index (χ2v) is 4.80. The molecule has 1 aromatic carbocycles. The Morgan fingerprint density at radius 3 is 2.57 bits per heavy atom. The largest absolute Gasteiger partial charge is 0.383 e. The standard InChI is InChI=1S/C16H28N4O2.HI/c1-3-22-11-4-9-19-16(17)20-13-14-5-7-15(8-6-14)18-10-12-21-2;/h5-8,18H,3-4,9-13H2,1-2H3,(H3,17,19,20);1H. The number of benzene rings is 1. The van der Waals surface area contributed by atoms with Gasteiger partial charge in [-0.2, -0.15) is 0 Å². The van der Waals surface area contributed by atoms with E-state index in [4.69, 9.17) is 15.2 Å². The van der Waals surface area contributed by atoms with Crippen molar-refractivity contribution in [3.8, 4) is 0 Å². The lowest BCUT2D eigenvalue weighted by atomic mass is 10.2. The summed E-state index contributed by atoms with van der Waals surface area (Å²) in [5.74, 6) is 0.471. The van der Waals surface area contributed by atoms with Crippen molar-refractivity contribution in [2.24, 2.45) is 10.7 Å². The van der Waals surface area contributed by atoms with Crippen LogP contribution in [-0.4, -0.2) is 46.0 Å². The van der Waals surface area contributed by atoms with E-state index in [1.54, 1.807) is 7.11 Å². The van der Waals surface area contributed by atoms with Crippen LogP contribution in [0.5, 0.6) is 0 Å². The highest BCUT2D eigenvalue weighted by molar-refractivity contribution is 14.0. The molecule has 0 radical (unpaired) electrons. The maximum Gasteiger partial charge on any atom is 0.188 e. The van der Waals surface area contributed by atoms with Gasteiger partial charge in [0.25, 0.3) is 0 Å². The van der Waals surface area contributed by atoms with Gasteiger partial charge in [0.05, 0.1) is 13.2 Å². The maximum absolute atomic E-state index is 5.82. The Morgan fingerprint density at radius 2 is 1.91 bits per heavy atom. The number of guanidine groups is 1. The molecule has 1 aromatic rings. The first-order chi connectivity index (χ1) is 10.8. The minimum absolute atomic E-state index is 0. The molecule has 0 bridgehead atoms. The van der Waals surface area contributed by atoms with E-state index in [0.29, 0.717) is 19.1 Å². The van der Waals surface area contributed by atoms with Gasteiger partial charge in [0.1, 0.15) is 0 Å². The van der Waals surface area contributed by atoms with E-state index in [1.807, 2.05) is 31.2 Å². The molecule has 0 atom stereocenters. The van der Waals surface area contributed by atoms with Gasteiger partial charge in [0, 0.05) is 39.1 Å². The molecule has 0 aromatic heterocycles. The SMILES string of the molecule is CCOCCCNC(N)=NCc1ccc(NCCOC)cc1.I. The van der Waals surface area contributed by atoms with Gasteiger partial charge in [-0.15, -0.1) is 24.0 Å². The third kappa shape index (κ3) is 11.2. The first kappa shape index (κ1) is 21.9. The van der Waals surface area contributed by atoms with Gasteiger partial charge in [-0.05, 0) is 31.0 Å². The van der Waals surface area contributed by atoms with Crippen molar-refractivity contribution in [1.82, 2.24) is 5.32 Å². The van der Waals surface area contributed by atoms with E-state index in [1.165, 1.54) is 0 Å². The summed E-state index contributed by atoms with van der Waals surface area (Å²) in [7, 11) is 1.69. The summed E-state index contributed by atoms with van der Waals surface area (Å²) in [6.07, 6.45) is 0.923. The molecule has 0 spiro atoms. The number of nitrogens with two attached hydrogens (primary N) is 1. The first-order valence-corrected chi connectivity index (χ1v) is 7.69. The first-order valence-electron chi connectivity index (χ1n) is 7.69. The highest BCUT2D eigenvalue weighted by Gasteiger charge is 1.96. The second kappa shape index (κ2) is 14.5. The van der Waals surface area contributed by atoms with E-state index >= 15 is 0 Å². The van der Waals surface area contributed by atoms with Gasteiger partial charge in [-0.3, -0.25) is 0 Å². The van der Waals surface area contributed by atoms with Crippen LogP contribution in [0.2, 0.25) is 0 Å². The smallest absolute Gasteiger partial charge is 0.188 e. The Balaban J connectivity index is 0.00000484. The zero-order valence-corrected chi connectivity index (χ0v) is 16.3. The molecule has 0 heterocycles. The normalized spacial score (nSPS) is 11.0. The Hall–Kier alpha value is -1.06. The summed E-state index contributed by atoms with van der Waals surface area (Å²) in [6, 6.07) is 8.15. The van der Waals surface area contributed by atoms with Crippen LogP contribution in [0.15, 0.2) is 29.3 Å². The average molecular weight is 436 g/mol. The molecule has 7 heteroatoms. The number of nitrogens with zero attached hydrogens (tertiary/aromatic N) is 1. The van der Waals surface area contributed by atoms with Crippen molar-refractivity contribution >= 4 is 35.6 Å². The fourth-order valence-electron chi connectivity index (χ4n) is 1.79. The number of nitrogens with one attached hydrogen (secondary N) is 2. The zero-order valence-electron chi connectivity index (χ0n) is 14.0. The molecule has 6 nitrogen and oxygen atoms in total. The fraction of sp³-hybridized carbons (Fsp3) is 0.562. The summed E-state index contributed by atoms with van der Waals surface area (Å²) in [4.78, 5) is 4.32. The molecule has 0 saturated carbocycles. The quantitative estimate of drug-likeness (QED) is 0.215. The van der Waals surface area contributed by atoms with E-state index in [9.17, 15) is 0 Å². The van der Waals surface area contributed by atoms with Gasteiger partial charge in [0.2, 0.25) is 0 Å². The van der Waals surface area contributed by atoms with Crippen LogP contribution in [0.3, 0.4) is 0 Å². The molecule has 0 fully saturated rings. The van der Waals surface area contributed by atoms with Gasteiger partial charge < -0.3 is 25.8 Å². The second-order valence-electron chi connectivity index (χ2n) is 4.80. The van der Waals surface area contributed by atoms with Crippen LogP contribution in [0, 0.1) is 0 Å². The number of aliphatic imine (C=N–C) groups is 1. The van der Waals surface area contributed by atoms with Crippen molar-refractivity contribution in [3.05, 3.63) is 29.8 Å². The Kier molecular flexibility index (Phi) is 13.9. The number of methoxy groups -OCH3 is 1. The van der Waals surface area contributed by atoms with E-state index in [2.05, 4.69) is 15.6 Å². The van der Waals surface area contributed by atoms with Crippen molar-refractivity contribution in [3.63, 3.8) is 0 Å². The maximum atomic E-state index is 5.82. The summed E-state index contributed by atoms with van der Waals surface area (Å²) < 4.78 is 10.3. The average Bonchev–Trinajstić information content (AvgIpc) is 2.54. The molecule has 0 amide bonds. The molecule has 4 N–H and O–H groups in total. The van der Waals surface area contributed by atoms with Crippen molar-refractivity contribution in [2.75, 3.05) is 45.3 Å². The molecule has 132 valence electrons. The molecule has 0 unspecified atom stereocenters. The van der Waals surface area contributed by atoms with Crippen LogP contribution in [0.4, 0.5) is 5.69 Å². The number of ether oxygens (including phenoxy) is 2. The molecule has 0 aliphatic heterocycles. The van der Waals surface area contributed by atoms with Gasteiger partial charge in [-0.25, -0.2) is 4.99 Å². The molecule has 23 heavy (non-hydrogen) atoms. The summed E-state index contributed by atoms with van der Waals surface area (Å²) in [5, 5.41) is 6.35. The van der Waals surface area contributed by atoms with E-state index < -0.39 is 0 Å². The predicted molar refractivity (Wildman–Crippen MR) is 107 cm³/mol. The van der Waals surface area contributed by atoms with Gasteiger partial charge >= 0.3 is 0 Å². The third-order valence-corrected chi connectivity index (χ3v) is 3.00. The minimum atomic E-state index is 0. The Bertz CT molecular complexity index is 427. The minimum Gasteiger partial charge on any atom is -0.383 e. The van der Waals surface area contributed by atoms with Crippen molar-refractivity contribution in [1.29, 1.82) is 0 Å². The number of hydrogen-bond donors (Lipinski definition) is 3. The zero-order chi connectivity index (χ0) is 16.0. The Labute approximate surface area is 156 Å². The van der Waals surface area contributed by atoms with Crippen LogP contribution in [0.25, 0.3) is 0 Å². The molecular formula is C16H29IN4O2. The lowest BCUT2D eigenvalue weighted by Crippen LogP contribution is -2.32. The van der Waals surface area contributed by atoms with Crippen LogP contribution in [-0.2, 0) is 16.0 Å². The molecule has 0 saturated heterocycles. The summed E-state index contributed by atoms with van der Waals surface area (Å²) >= 11 is 0. The molecule has 1 rings (SSSR count). The highest BCUT2D eigenvalue weighted by Crippen LogP contribution is 2.09. The number of halogens is 1. The predicted octanol–water partition coefficient (Wildman–Crippen LogP) is 2.19. The lowest BCUT2D eigenvalue weighted by Gasteiger charge is -2.07.